The molecule has 1 saturated heterocycles. The summed E-state index contributed by atoms with van der Waals surface area (Å²) in [6, 6.07) is 10.8. The Morgan fingerprint density at radius 2 is 1.94 bits per heavy atom. The van der Waals surface area contributed by atoms with Gasteiger partial charge in [-0.2, -0.15) is 0 Å². The molecule has 0 atom stereocenters. The minimum absolute atomic E-state index is 0.244. The van der Waals surface area contributed by atoms with Gasteiger partial charge in [0, 0.05) is 57.1 Å². The molecule has 0 radical (unpaired) electrons. The zero-order chi connectivity index (χ0) is 21.8. The third kappa shape index (κ3) is 4.82. The molecule has 0 amide bonds. The fraction of sp³-hybridized carbons (Fsp3) is 0.375. The molecule has 1 aliphatic rings. The van der Waals surface area contributed by atoms with Gasteiger partial charge < -0.3 is 10.2 Å². The predicted octanol–water partition coefficient (Wildman–Crippen LogP) is 4.17. The second-order valence-electron chi connectivity index (χ2n) is 8.19. The Morgan fingerprint density at radius 3 is 2.65 bits per heavy atom. The summed E-state index contributed by atoms with van der Waals surface area (Å²) in [6.45, 7) is 2.83. The van der Waals surface area contributed by atoms with Crippen LogP contribution >= 0.6 is 0 Å². The van der Waals surface area contributed by atoms with Crippen LogP contribution in [0.2, 0.25) is 0 Å². The smallest absolute Gasteiger partial charge is 0.225 e. The van der Waals surface area contributed by atoms with Crippen LogP contribution in [0.25, 0.3) is 11.1 Å². The van der Waals surface area contributed by atoms with Crippen molar-refractivity contribution in [2.75, 3.05) is 44.4 Å². The van der Waals surface area contributed by atoms with Crippen LogP contribution in [0.15, 0.2) is 48.8 Å². The summed E-state index contributed by atoms with van der Waals surface area (Å²) < 4.78 is 13.9. The highest BCUT2D eigenvalue weighted by atomic mass is 19.1. The number of likely N-dealkylation sites (tertiary alicyclic amines) is 1. The standard InChI is InChI=1S/C24H29FN6/c1-26-23-19(7-5-11-27-23)16-31-12-9-17(10-13-31)22-21(15-28-24(29-22)30(2)3)18-6-4-8-20(25)14-18/h4-8,11,14-15,17H,9-10,12-13,16H2,1-3H3,(H,26,27). The topological polar surface area (TPSA) is 57.2 Å². The van der Waals surface area contributed by atoms with Gasteiger partial charge in [0.2, 0.25) is 5.95 Å². The van der Waals surface area contributed by atoms with Crippen molar-refractivity contribution in [3.05, 3.63) is 65.9 Å². The van der Waals surface area contributed by atoms with E-state index >= 15 is 0 Å². The Bertz CT molecular complexity index is 1030. The highest BCUT2D eigenvalue weighted by Crippen LogP contribution is 2.35. The van der Waals surface area contributed by atoms with Crippen LogP contribution in [0, 0.1) is 5.82 Å². The molecule has 31 heavy (non-hydrogen) atoms. The van der Waals surface area contributed by atoms with Crippen LogP contribution in [0.4, 0.5) is 16.2 Å². The van der Waals surface area contributed by atoms with Crippen molar-refractivity contribution in [2.45, 2.75) is 25.3 Å². The molecule has 4 rings (SSSR count). The van der Waals surface area contributed by atoms with Crippen LogP contribution in [-0.2, 0) is 6.54 Å². The van der Waals surface area contributed by atoms with Crippen molar-refractivity contribution in [1.82, 2.24) is 19.9 Å². The first-order valence-corrected chi connectivity index (χ1v) is 10.7. The van der Waals surface area contributed by atoms with E-state index in [4.69, 9.17) is 4.98 Å². The molecule has 0 saturated carbocycles. The lowest BCUT2D eigenvalue weighted by molar-refractivity contribution is 0.203. The van der Waals surface area contributed by atoms with E-state index in [1.54, 1.807) is 12.1 Å². The van der Waals surface area contributed by atoms with Gasteiger partial charge >= 0.3 is 0 Å². The van der Waals surface area contributed by atoms with Crippen molar-refractivity contribution in [1.29, 1.82) is 0 Å². The van der Waals surface area contributed by atoms with Crippen LogP contribution < -0.4 is 10.2 Å². The molecular weight excluding hydrogens is 391 g/mol. The first kappa shape index (κ1) is 21.2. The van der Waals surface area contributed by atoms with Gasteiger partial charge in [-0.3, -0.25) is 4.90 Å². The van der Waals surface area contributed by atoms with E-state index in [9.17, 15) is 4.39 Å². The largest absolute Gasteiger partial charge is 0.373 e. The lowest BCUT2D eigenvalue weighted by Crippen LogP contribution is -2.33. The van der Waals surface area contributed by atoms with Crippen molar-refractivity contribution in [3.8, 4) is 11.1 Å². The molecule has 1 aromatic carbocycles. The van der Waals surface area contributed by atoms with Crippen molar-refractivity contribution in [3.63, 3.8) is 0 Å². The number of hydrogen-bond donors (Lipinski definition) is 1. The molecule has 0 aliphatic carbocycles. The van der Waals surface area contributed by atoms with E-state index in [-0.39, 0.29) is 5.82 Å². The van der Waals surface area contributed by atoms with Gasteiger partial charge in [0.1, 0.15) is 11.6 Å². The van der Waals surface area contributed by atoms with Gasteiger partial charge in [0.05, 0.1) is 5.69 Å². The molecule has 0 unspecified atom stereocenters. The second-order valence-corrected chi connectivity index (χ2v) is 8.19. The van der Waals surface area contributed by atoms with Crippen molar-refractivity contribution in [2.24, 2.45) is 0 Å². The number of aromatic nitrogens is 3. The first-order chi connectivity index (χ1) is 15.0. The quantitative estimate of drug-likeness (QED) is 0.646. The molecule has 3 heterocycles. The van der Waals surface area contributed by atoms with Crippen molar-refractivity contribution >= 4 is 11.8 Å². The third-order valence-corrected chi connectivity index (χ3v) is 5.84. The molecule has 2 aromatic heterocycles. The molecule has 1 fully saturated rings. The van der Waals surface area contributed by atoms with E-state index < -0.39 is 0 Å². The number of piperidine rings is 1. The highest BCUT2D eigenvalue weighted by molar-refractivity contribution is 5.66. The Kier molecular flexibility index (Phi) is 6.42. The molecule has 6 nitrogen and oxygen atoms in total. The number of halogens is 1. The maximum atomic E-state index is 13.9. The van der Waals surface area contributed by atoms with E-state index in [0.717, 1.165) is 55.1 Å². The molecule has 1 N–H and O–H groups in total. The molecular formula is C24H29FN6. The van der Waals surface area contributed by atoms with Crippen LogP contribution in [0.1, 0.15) is 30.0 Å². The first-order valence-electron chi connectivity index (χ1n) is 10.7. The van der Waals surface area contributed by atoms with Crippen LogP contribution in [0.3, 0.4) is 0 Å². The number of hydrogen-bond acceptors (Lipinski definition) is 6. The van der Waals surface area contributed by atoms with E-state index in [1.165, 1.54) is 11.6 Å². The van der Waals surface area contributed by atoms with Gasteiger partial charge in [-0.05, 0) is 49.7 Å². The summed E-state index contributed by atoms with van der Waals surface area (Å²) in [4.78, 5) is 18.2. The van der Waals surface area contributed by atoms with Crippen LogP contribution in [0.5, 0.6) is 0 Å². The summed E-state index contributed by atoms with van der Waals surface area (Å²) >= 11 is 0. The minimum Gasteiger partial charge on any atom is -0.373 e. The number of benzene rings is 1. The monoisotopic (exact) mass is 420 g/mol. The average Bonchev–Trinajstić information content (AvgIpc) is 2.79. The van der Waals surface area contributed by atoms with Gasteiger partial charge in [0.15, 0.2) is 0 Å². The average molecular weight is 421 g/mol. The van der Waals surface area contributed by atoms with Gasteiger partial charge in [-0.25, -0.2) is 19.3 Å². The number of nitrogens with zero attached hydrogens (tertiary/aromatic N) is 5. The van der Waals surface area contributed by atoms with E-state index in [2.05, 4.69) is 26.3 Å². The summed E-state index contributed by atoms with van der Waals surface area (Å²) in [7, 11) is 5.79. The molecule has 7 heteroatoms. The summed E-state index contributed by atoms with van der Waals surface area (Å²) in [5.41, 5.74) is 3.98. The van der Waals surface area contributed by atoms with Crippen LogP contribution in [-0.4, -0.2) is 54.1 Å². The molecule has 3 aromatic rings. The fourth-order valence-electron chi connectivity index (χ4n) is 4.19. The predicted molar refractivity (Wildman–Crippen MR) is 123 cm³/mol. The zero-order valence-corrected chi connectivity index (χ0v) is 18.3. The minimum atomic E-state index is -0.244. The van der Waals surface area contributed by atoms with Gasteiger partial charge in [-0.15, -0.1) is 0 Å². The molecule has 162 valence electrons. The SMILES string of the molecule is CNc1ncccc1CN1CCC(c2nc(N(C)C)ncc2-c2cccc(F)c2)CC1. The van der Waals surface area contributed by atoms with E-state index in [0.29, 0.717) is 11.9 Å². The Labute approximate surface area is 183 Å². The number of anilines is 2. The Balaban J connectivity index is 1.55. The third-order valence-electron chi connectivity index (χ3n) is 5.84. The molecule has 1 aliphatic heterocycles. The number of rotatable bonds is 6. The summed E-state index contributed by atoms with van der Waals surface area (Å²) in [5, 5.41) is 3.18. The zero-order valence-electron chi connectivity index (χ0n) is 18.3. The Morgan fingerprint density at radius 1 is 1.13 bits per heavy atom. The highest BCUT2D eigenvalue weighted by Gasteiger charge is 2.26. The van der Waals surface area contributed by atoms with Crippen molar-refractivity contribution < 1.29 is 4.39 Å². The lowest BCUT2D eigenvalue weighted by Gasteiger charge is -2.33. The summed E-state index contributed by atoms with van der Waals surface area (Å²) in [5.74, 6) is 1.69. The van der Waals surface area contributed by atoms with Gasteiger partial charge in [0.25, 0.3) is 0 Å². The van der Waals surface area contributed by atoms with Gasteiger partial charge in [-0.1, -0.05) is 18.2 Å². The molecule has 0 bridgehead atoms. The molecule has 0 spiro atoms. The fourth-order valence-corrected chi connectivity index (χ4v) is 4.19. The van der Waals surface area contributed by atoms with E-state index in [1.807, 2.05) is 50.6 Å². The lowest BCUT2D eigenvalue weighted by atomic mass is 9.88. The number of pyridine rings is 1. The number of nitrogens with one attached hydrogen (secondary N) is 1. The maximum absolute atomic E-state index is 13.9. The maximum Gasteiger partial charge on any atom is 0.225 e. The normalized spacial score (nSPS) is 15.1. The summed E-state index contributed by atoms with van der Waals surface area (Å²) in [6.07, 6.45) is 5.66. The Hall–Kier alpha value is -3.06. The second kappa shape index (κ2) is 9.39.